The SMILES string of the molecule is CN=C(NCc1csc(N(C)C)n1)NCC1CN(CC(C)C)CCO1.I. The molecule has 9 heteroatoms. The Kier molecular flexibility index (Phi) is 10.7. The molecule has 1 aliphatic heterocycles. The minimum absolute atomic E-state index is 0. The summed E-state index contributed by atoms with van der Waals surface area (Å²) in [5.41, 5.74) is 1.02. The summed E-state index contributed by atoms with van der Waals surface area (Å²) in [5.74, 6) is 1.47. The van der Waals surface area contributed by atoms with Crippen LogP contribution in [0.5, 0.6) is 0 Å². The molecule has 0 amide bonds. The number of rotatable bonds is 7. The van der Waals surface area contributed by atoms with Crippen LogP contribution >= 0.6 is 35.3 Å². The zero-order valence-electron chi connectivity index (χ0n) is 16.5. The molecule has 1 atom stereocenters. The predicted molar refractivity (Wildman–Crippen MR) is 121 cm³/mol. The van der Waals surface area contributed by atoms with Crippen LogP contribution in [0.4, 0.5) is 5.13 Å². The fraction of sp³-hybridized carbons (Fsp3) is 0.765. The summed E-state index contributed by atoms with van der Waals surface area (Å²) in [7, 11) is 5.79. The molecule has 26 heavy (non-hydrogen) atoms. The molecule has 1 aliphatic rings. The van der Waals surface area contributed by atoms with Crippen molar-refractivity contribution < 1.29 is 4.74 Å². The molecule has 0 radical (unpaired) electrons. The van der Waals surface area contributed by atoms with E-state index in [1.807, 2.05) is 19.0 Å². The smallest absolute Gasteiger partial charge is 0.191 e. The first kappa shape index (κ1) is 23.4. The number of hydrogen-bond donors (Lipinski definition) is 2. The standard InChI is InChI=1S/C17H32N6OS.HI/c1-13(2)10-23-6-7-24-15(11-23)9-20-16(18-3)19-8-14-12-25-17(21-14)22(4)5;/h12-13,15H,6-11H2,1-5H3,(H2,18,19,20);1H. The molecular formula is C17H33IN6OS. The van der Waals surface area contributed by atoms with E-state index >= 15 is 0 Å². The quantitative estimate of drug-likeness (QED) is 0.342. The number of aliphatic imine (C=N–C) groups is 1. The van der Waals surface area contributed by atoms with Crippen molar-refractivity contribution in [1.82, 2.24) is 20.5 Å². The van der Waals surface area contributed by atoms with Crippen LogP contribution < -0.4 is 15.5 Å². The van der Waals surface area contributed by atoms with Gasteiger partial charge in [0.1, 0.15) is 0 Å². The Hall–Kier alpha value is -0.650. The number of morpholine rings is 1. The minimum atomic E-state index is 0. The molecule has 1 unspecified atom stereocenters. The Morgan fingerprint density at radius 1 is 1.46 bits per heavy atom. The van der Waals surface area contributed by atoms with Gasteiger partial charge in [-0.05, 0) is 5.92 Å². The van der Waals surface area contributed by atoms with E-state index in [2.05, 4.69) is 44.7 Å². The van der Waals surface area contributed by atoms with Crippen molar-refractivity contribution in [3.8, 4) is 0 Å². The minimum Gasteiger partial charge on any atom is -0.374 e. The molecule has 7 nitrogen and oxygen atoms in total. The van der Waals surface area contributed by atoms with E-state index < -0.39 is 0 Å². The lowest BCUT2D eigenvalue weighted by Gasteiger charge is -2.34. The maximum absolute atomic E-state index is 5.87. The summed E-state index contributed by atoms with van der Waals surface area (Å²) in [6, 6.07) is 0. The second kappa shape index (κ2) is 11.9. The van der Waals surface area contributed by atoms with Gasteiger partial charge in [-0.2, -0.15) is 0 Å². The normalized spacial score (nSPS) is 18.5. The van der Waals surface area contributed by atoms with Gasteiger partial charge in [0.25, 0.3) is 0 Å². The molecule has 0 aromatic carbocycles. The van der Waals surface area contributed by atoms with Gasteiger partial charge in [-0.25, -0.2) is 4.98 Å². The summed E-state index contributed by atoms with van der Waals surface area (Å²) in [5, 5.41) is 9.77. The van der Waals surface area contributed by atoms with Gasteiger partial charge < -0.3 is 20.3 Å². The summed E-state index contributed by atoms with van der Waals surface area (Å²) in [4.78, 5) is 13.4. The van der Waals surface area contributed by atoms with E-state index in [0.717, 1.165) is 49.6 Å². The van der Waals surface area contributed by atoms with Crippen molar-refractivity contribution in [1.29, 1.82) is 0 Å². The van der Waals surface area contributed by atoms with E-state index in [1.165, 1.54) is 0 Å². The number of nitrogens with zero attached hydrogens (tertiary/aromatic N) is 4. The second-order valence-corrected chi connectivity index (χ2v) is 7.81. The van der Waals surface area contributed by atoms with Gasteiger partial charge in [-0.3, -0.25) is 9.89 Å². The highest BCUT2D eigenvalue weighted by Crippen LogP contribution is 2.17. The molecule has 0 bridgehead atoms. The average Bonchev–Trinajstić information content (AvgIpc) is 3.04. The van der Waals surface area contributed by atoms with Gasteiger partial charge in [0.15, 0.2) is 11.1 Å². The van der Waals surface area contributed by atoms with Crippen LogP contribution in [0, 0.1) is 5.92 Å². The lowest BCUT2D eigenvalue weighted by atomic mass is 10.2. The van der Waals surface area contributed by atoms with Crippen LogP contribution in [0.1, 0.15) is 19.5 Å². The largest absolute Gasteiger partial charge is 0.374 e. The molecule has 2 rings (SSSR count). The second-order valence-electron chi connectivity index (χ2n) is 6.97. The van der Waals surface area contributed by atoms with Crippen LogP contribution in [0.15, 0.2) is 10.4 Å². The molecule has 2 N–H and O–H groups in total. The van der Waals surface area contributed by atoms with Crippen LogP contribution in [-0.4, -0.2) is 75.9 Å². The van der Waals surface area contributed by atoms with E-state index in [-0.39, 0.29) is 30.1 Å². The summed E-state index contributed by atoms with van der Waals surface area (Å²) in [6.07, 6.45) is 0.200. The number of ether oxygens (including phenoxy) is 1. The maximum Gasteiger partial charge on any atom is 0.191 e. The number of aromatic nitrogens is 1. The van der Waals surface area contributed by atoms with E-state index in [4.69, 9.17) is 4.74 Å². The van der Waals surface area contributed by atoms with Gasteiger partial charge in [0.2, 0.25) is 0 Å². The Balaban J connectivity index is 0.00000338. The van der Waals surface area contributed by atoms with Crippen LogP contribution in [0.3, 0.4) is 0 Å². The lowest BCUT2D eigenvalue weighted by Crippen LogP contribution is -2.50. The number of thiazole rings is 1. The highest BCUT2D eigenvalue weighted by Gasteiger charge is 2.21. The highest BCUT2D eigenvalue weighted by molar-refractivity contribution is 14.0. The molecule has 0 saturated carbocycles. The first-order chi connectivity index (χ1) is 12.0. The van der Waals surface area contributed by atoms with Gasteiger partial charge in [-0.15, -0.1) is 35.3 Å². The predicted octanol–water partition coefficient (Wildman–Crippen LogP) is 1.85. The van der Waals surface area contributed by atoms with Crippen molar-refractivity contribution in [2.24, 2.45) is 10.9 Å². The van der Waals surface area contributed by atoms with Crippen molar-refractivity contribution in [3.63, 3.8) is 0 Å². The van der Waals surface area contributed by atoms with Gasteiger partial charge in [0, 0.05) is 52.7 Å². The Bertz CT molecular complexity index is 551. The van der Waals surface area contributed by atoms with Crippen molar-refractivity contribution in [3.05, 3.63) is 11.1 Å². The average molecular weight is 496 g/mol. The number of anilines is 1. The summed E-state index contributed by atoms with van der Waals surface area (Å²) >= 11 is 1.65. The molecule has 0 aliphatic carbocycles. The van der Waals surface area contributed by atoms with Crippen LogP contribution in [-0.2, 0) is 11.3 Å². The topological polar surface area (TPSA) is 65.0 Å². The number of hydrogen-bond acceptors (Lipinski definition) is 6. The number of halogens is 1. The Morgan fingerprint density at radius 2 is 2.23 bits per heavy atom. The third-order valence-corrected chi connectivity index (χ3v) is 4.98. The van der Waals surface area contributed by atoms with E-state index in [9.17, 15) is 0 Å². The zero-order chi connectivity index (χ0) is 18.2. The van der Waals surface area contributed by atoms with E-state index in [0.29, 0.717) is 12.5 Å². The molecule has 2 heterocycles. The van der Waals surface area contributed by atoms with Gasteiger partial charge in [0.05, 0.1) is 24.9 Å². The molecule has 1 aromatic heterocycles. The van der Waals surface area contributed by atoms with Gasteiger partial charge >= 0.3 is 0 Å². The van der Waals surface area contributed by atoms with Crippen molar-refractivity contribution in [2.45, 2.75) is 26.5 Å². The third kappa shape index (κ3) is 7.93. The van der Waals surface area contributed by atoms with Crippen molar-refractivity contribution in [2.75, 3.05) is 58.8 Å². The summed E-state index contributed by atoms with van der Waals surface area (Å²) < 4.78 is 5.87. The fourth-order valence-electron chi connectivity index (χ4n) is 2.77. The fourth-order valence-corrected chi connectivity index (χ4v) is 3.53. The van der Waals surface area contributed by atoms with Gasteiger partial charge in [-0.1, -0.05) is 13.8 Å². The van der Waals surface area contributed by atoms with Crippen LogP contribution in [0.2, 0.25) is 0 Å². The maximum atomic E-state index is 5.87. The Morgan fingerprint density at radius 3 is 2.85 bits per heavy atom. The van der Waals surface area contributed by atoms with Crippen molar-refractivity contribution >= 4 is 46.4 Å². The summed E-state index contributed by atoms with van der Waals surface area (Å²) in [6.45, 7) is 9.87. The van der Waals surface area contributed by atoms with E-state index in [1.54, 1.807) is 18.4 Å². The third-order valence-electron chi connectivity index (χ3n) is 3.93. The first-order valence-electron chi connectivity index (χ1n) is 8.88. The highest BCUT2D eigenvalue weighted by atomic mass is 127. The molecular weight excluding hydrogens is 463 g/mol. The Labute approximate surface area is 178 Å². The molecule has 1 aromatic rings. The molecule has 1 fully saturated rings. The monoisotopic (exact) mass is 496 g/mol. The lowest BCUT2D eigenvalue weighted by molar-refractivity contribution is -0.0284. The first-order valence-corrected chi connectivity index (χ1v) is 9.76. The number of guanidine groups is 1. The van der Waals surface area contributed by atoms with Crippen LogP contribution in [0.25, 0.3) is 0 Å². The molecule has 1 saturated heterocycles. The zero-order valence-corrected chi connectivity index (χ0v) is 19.6. The number of nitrogens with one attached hydrogen (secondary N) is 2. The molecule has 150 valence electrons. The molecule has 0 spiro atoms.